The number of hydrogen-bond donors (Lipinski definition) is 1. The van der Waals surface area contributed by atoms with Crippen molar-refractivity contribution in [3.05, 3.63) is 12.2 Å². The van der Waals surface area contributed by atoms with Crippen LogP contribution in [0.5, 0.6) is 0 Å². The minimum Gasteiger partial charge on any atom is -0.463 e. The van der Waals surface area contributed by atoms with Gasteiger partial charge in [-0.2, -0.15) is 13.2 Å². The van der Waals surface area contributed by atoms with E-state index in [0.717, 1.165) is 6.08 Å². The molecule has 0 amide bonds. The molecule has 1 fully saturated rings. The lowest BCUT2D eigenvalue weighted by atomic mass is 10.2. The van der Waals surface area contributed by atoms with Crippen LogP contribution < -0.4 is 5.32 Å². The first-order valence-corrected chi connectivity index (χ1v) is 5.06. The number of esters is 1. The fourth-order valence-corrected chi connectivity index (χ4v) is 1.29. The molecular weight excluding hydrogens is 223 g/mol. The summed E-state index contributed by atoms with van der Waals surface area (Å²) in [5.74, 6) is -0.541. The quantitative estimate of drug-likeness (QED) is 0.585. The number of hydrogen-bond acceptors (Lipinski definition) is 3. The fraction of sp³-hybridized carbons (Fsp3) is 0.700. The normalized spacial score (nSPS) is 18.8. The highest BCUT2D eigenvalue weighted by Gasteiger charge is 2.62. The summed E-state index contributed by atoms with van der Waals surface area (Å²) in [7, 11) is 0. The standard InChI is InChI=1S/C10H14F3NO2/c1-2-16-8(15)4-3-7-14-9(5-6-9)10(11,12)13/h3-4,14H,2,5-7H2,1H3/b4-3+. The molecule has 1 rings (SSSR count). The van der Waals surface area contributed by atoms with Crippen molar-refractivity contribution in [2.45, 2.75) is 31.5 Å². The summed E-state index contributed by atoms with van der Waals surface area (Å²) >= 11 is 0. The Morgan fingerprint density at radius 2 is 2.12 bits per heavy atom. The highest BCUT2D eigenvalue weighted by molar-refractivity contribution is 5.81. The molecule has 3 nitrogen and oxygen atoms in total. The van der Waals surface area contributed by atoms with Gasteiger partial charge in [0.25, 0.3) is 0 Å². The van der Waals surface area contributed by atoms with E-state index < -0.39 is 17.7 Å². The Labute approximate surface area is 91.6 Å². The van der Waals surface area contributed by atoms with Gasteiger partial charge in [-0.3, -0.25) is 0 Å². The summed E-state index contributed by atoms with van der Waals surface area (Å²) in [5, 5.41) is 2.39. The Morgan fingerprint density at radius 1 is 1.50 bits per heavy atom. The fourth-order valence-electron chi connectivity index (χ4n) is 1.29. The van der Waals surface area contributed by atoms with E-state index in [0.29, 0.717) is 0 Å². The lowest BCUT2D eigenvalue weighted by Gasteiger charge is -2.19. The van der Waals surface area contributed by atoms with Crippen LogP contribution in [0.25, 0.3) is 0 Å². The van der Waals surface area contributed by atoms with Crippen molar-refractivity contribution in [1.82, 2.24) is 5.32 Å². The molecule has 6 heteroatoms. The molecule has 0 heterocycles. The molecule has 0 aliphatic heterocycles. The van der Waals surface area contributed by atoms with Gasteiger partial charge in [0.2, 0.25) is 0 Å². The van der Waals surface area contributed by atoms with Crippen LogP contribution in [0.2, 0.25) is 0 Å². The van der Waals surface area contributed by atoms with E-state index in [9.17, 15) is 18.0 Å². The molecule has 0 spiro atoms. The topological polar surface area (TPSA) is 38.3 Å². The molecule has 0 aromatic heterocycles. The van der Waals surface area contributed by atoms with Gasteiger partial charge in [0.15, 0.2) is 0 Å². The van der Waals surface area contributed by atoms with Crippen molar-refractivity contribution < 1.29 is 22.7 Å². The van der Waals surface area contributed by atoms with Gasteiger partial charge in [0, 0.05) is 12.6 Å². The molecule has 0 aromatic rings. The predicted molar refractivity (Wildman–Crippen MR) is 51.8 cm³/mol. The van der Waals surface area contributed by atoms with Gasteiger partial charge in [0.1, 0.15) is 5.54 Å². The maximum atomic E-state index is 12.4. The average Bonchev–Trinajstić information content (AvgIpc) is 2.93. The van der Waals surface area contributed by atoms with E-state index in [4.69, 9.17) is 0 Å². The van der Waals surface area contributed by atoms with Gasteiger partial charge in [-0.1, -0.05) is 6.08 Å². The highest BCUT2D eigenvalue weighted by Crippen LogP contribution is 2.48. The smallest absolute Gasteiger partial charge is 0.406 e. The highest BCUT2D eigenvalue weighted by atomic mass is 19.4. The largest absolute Gasteiger partial charge is 0.463 e. The van der Waals surface area contributed by atoms with Crippen LogP contribution in [0.1, 0.15) is 19.8 Å². The molecule has 0 atom stereocenters. The van der Waals surface area contributed by atoms with Crippen molar-refractivity contribution in [1.29, 1.82) is 0 Å². The Morgan fingerprint density at radius 3 is 2.56 bits per heavy atom. The molecular formula is C10H14F3NO2. The predicted octanol–water partition coefficient (Wildman–Crippen LogP) is 1.79. The van der Waals surface area contributed by atoms with Crippen LogP contribution in [-0.4, -0.2) is 30.8 Å². The van der Waals surface area contributed by atoms with Gasteiger partial charge >= 0.3 is 12.1 Å². The Hall–Kier alpha value is -1.04. The van der Waals surface area contributed by atoms with Crippen LogP contribution >= 0.6 is 0 Å². The number of nitrogens with one attached hydrogen (secondary N) is 1. The van der Waals surface area contributed by atoms with Crippen LogP contribution in [0.15, 0.2) is 12.2 Å². The molecule has 0 saturated heterocycles. The summed E-state index contributed by atoms with van der Waals surface area (Å²) in [6, 6.07) is 0. The van der Waals surface area contributed by atoms with Crippen LogP contribution in [0.4, 0.5) is 13.2 Å². The molecule has 1 saturated carbocycles. The summed E-state index contributed by atoms with van der Waals surface area (Å²) in [5.41, 5.74) is -1.73. The molecule has 1 aliphatic rings. The molecule has 0 aromatic carbocycles. The monoisotopic (exact) mass is 237 g/mol. The number of ether oxygens (including phenoxy) is 1. The Balaban J connectivity index is 2.29. The van der Waals surface area contributed by atoms with Crippen molar-refractivity contribution >= 4 is 5.97 Å². The summed E-state index contributed by atoms with van der Waals surface area (Å²) in [6.45, 7) is 1.92. The lowest BCUT2D eigenvalue weighted by molar-refractivity contribution is -0.165. The zero-order chi connectivity index (χ0) is 12.2. The second kappa shape index (κ2) is 4.86. The number of halogens is 3. The summed E-state index contributed by atoms with van der Waals surface area (Å²) in [6.07, 6.45) is -1.55. The van der Waals surface area contributed by atoms with Gasteiger partial charge < -0.3 is 10.1 Å². The Kier molecular flexibility index (Phi) is 3.96. The van der Waals surface area contributed by atoms with Crippen molar-refractivity contribution in [2.75, 3.05) is 13.2 Å². The second-order valence-corrected chi connectivity index (χ2v) is 3.62. The third-order valence-electron chi connectivity index (χ3n) is 2.39. The van der Waals surface area contributed by atoms with Crippen molar-refractivity contribution in [3.8, 4) is 0 Å². The van der Waals surface area contributed by atoms with Gasteiger partial charge in [-0.25, -0.2) is 4.79 Å². The first-order chi connectivity index (χ1) is 7.41. The van der Waals surface area contributed by atoms with E-state index in [1.165, 1.54) is 6.08 Å². The SMILES string of the molecule is CCOC(=O)/C=C/CNC1(C(F)(F)F)CC1. The first-order valence-electron chi connectivity index (χ1n) is 5.06. The molecule has 1 N–H and O–H groups in total. The minimum absolute atomic E-state index is 0.0122. The zero-order valence-corrected chi connectivity index (χ0v) is 8.93. The zero-order valence-electron chi connectivity index (χ0n) is 8.93. The first kappa shape index (κ1) is 13.0. The summed E-state index contributed by atoms with van der Waals surface area (Å²) < 4.78 is 41.9. The number of rotatable bonds is 5. The maximum absolute atomic E-state index is 12.4. The van der Waals surface area contributed by atoms with E-state index >= 15 is 0 Å². The van der Waals surface area contributed by atoms with E-state index in [1.807, 2.05) is 0 Å². The van der Waals surface area contributed by atoms with E-state index in [2.05, 4.69) is 10.1 Å². The number of carbonyl (C=O) groups is 1. The van der Waals surface area contributed by atoms with Crippen LogP contribution in [0, 0.1) is 0 Å². The van der Waals surface area contributed by atoms with Gasteiger partial charge in [0.05, 0.1) is 6.61 Å². The lowest BCUT2D eigenvalue weighted by Crippen LogP contribution is -2.44. The third kappa shape index (κ3) is 3.23. The minimum atomic E-state index is -4.22. The molecule has 0 unspecified atom stereocenters. The molecule has 16 heavy (non-hydrogen) atoms. The summed E-state index contributed by atoms with van der Waals surface area (Å²) in [4.78, 5) is 10.8. The van der Waals surface area contributed by atoms with Crippen LogP contribution in [0.3, 0.4) is 0 Å². The second-order valence-electron chi connectivity index (χ2n) is 3.62. The van der Waals surface area contributed by atoms with Gasteiger partial charge in [-0.05, 0) is 19.8 Å². The molecule has 92 valence electrons. The third-order valence-corrected chi connectivity index (χ3v) is 2.39. The van der Waals surface area contributed by atoms with Crippen molar-refractivity contribution in [2.24, 2.45) is 0 Å². The Bertz CT molecular complexity index is 282. The number of alkyl halides is 3. The molecule has 1 aliphatic carbocycles. The van der Waals surface area contributed by atoms with E-state index in [-0.39, 0.29) is 26.0 Å². The van der Waals surface area contributed by atoms with Crippen molar-refractivity contribution in [3.63, 3.8) is 0 Å². The average molecular weight is 237 g/mol. The van der Waals surface area contributed by atoms with E-state index in [1.54, 1.807) is 6.92 Å². The maximum Gasteiger partial charge on any atom is 0.406 e. The van der Waals surface area contributed by atoms with Gasteiger partial charge in [-0.15, -0.1) is 0 Å². The van der Waals surface area contributed by atoms with Crippen LogP contribution in [-0.2, 0) is 9.53 Å². The molecule has 0 radical (unpaired) electrons. The molecule has 0 bridgehead atoms. The number of carbonyl (C=O) groups excluding carboxylic acids is 1.